The molecule has 0 amide bonds. The Morgan fingerprint density at radius 1 is 1.50 bits per heavy atom. The number of nitrogens with two attached hydrogens (primary N) is 1. The molecule has 0 saturated carbocycles. The van der Waals surface area contributed by atoms with E-state index >= 15 is 0 Å². The first-order chi connectivity index (χ1) is 8.22. The largest absolute Gasteiger partial charge is 1.00 e. The van der Waals surface area contributed by atoms with Gasteiger partial charge in [-0.1, -0.05) is 11.3 Å². The van der Waals surface area contributed by atoms with Crippen molar-refractivity contribution in [2.45, 2.75) is 19.9 Å². The van der Waals surface area contributed by atoms with E-state index in [1.165, 1.54) is 11.2 Å². The summed E-state index contributed by atoms with van der Waals surface area (Å²) in [7, 11) is 0. The average Bonchev–Trinajstić information content (AvgIpc) is 2.65. The van der Waals surface area contributed by atoms with Gasteiger partial charge in [-0.05, 0) is 0 Å². The molecule has 0 aliphatic rings. The first-order valence-electron chi connectivity index (χ1n) is 5.34. The Balaban J connectivity index is 0.00000162. The second-order valence-electron chi connectivity index (χ2n) is 3.77. The monoisotopic (exact) mass is 286 g/mol. The summed E-state index contributed by atoms with van der Waals surface area (Å²) in [5, 5.41) is 8.94. The van der Waals surface area contributed by atoms with E-state index < -0.39 is 0 Å². The molecule has 0 unspecified atom stereocenters. The lowest BCUT2D eigenvalue weighted by atomic mass is 10.2. The van der Waals surface area contributed by atoms with Crippen molar-refractivity contribution in [3.8, 4) is 0 Å². The zero-order chi connectivity index (χ0) is 12.3. The van der Waals surface area contributed by atoms with Gasteiger partial charge in [0, 0.05) is 26.1 Å². The van der Waals surface area contributed by atoms with Crippen LogP contribution in [0, 0.1) is 6.92 Å². The van der Waals surface area contributed by atoms with Crippen molar-refractivity contribution >= 4 is 17.2 Å². The minimum atomic E-state index is 0. The molecule has 3 N–H and O–H groups in total. The Labute approximate surface area is 116 Å². The van der Waals surface area contributed by atoms with Crippen molar-refractivity contribution in [1.29, 1.82) is 0 Å². The van der Waals surface area contributed by atoms with Gasteiger partial charge in [-0.15, -0.1) is 0 Å². The maximum Gasteiger partial charge on any atom is 0.225 e. The fourth-order valence-electron chi connectivity index (χ4n) is 1.62. The van der Waals surface area contributed by atoms with E-state index in [4.69, 9.17) is 10.8 Å². The minimum Gasteiger partial charge on any atom is -1.00 e. The number of nitrogen functional groups attached to an aromatic ring is 1. The van der Waals surface area contributed by atoms with E-state index in [-0.39, 0.29) is 19.0 Å². The summed E-state index contributed by atoms with van der Waals surface area (Å²) < 4.78 is 2.10. The molecule has 0 spiro atoms. The second-order valence-corrected chi connectivity index (χ2v) is 4.71. The Morgan fingerprint density at radius 2 is 2.28 bits per heavy atom. The van der Waals surface area contributed by atoms with E-state index in [1.54, 1.807) is 17.5 Å². The fraction of sp³-hybridized carbons (Fsp3) is 0.364. The van der Waals surface area contributed by atoms with Crippen LogP contribution >= 0.6 is 11.3 Å². The molecular weight excluding hydrogens is 272 g/mol. The lowest BCUT2D eigenvalue weighted by Crippen LogP contribution is -3.00. The van der Waals surface area contributed by atoms with Gasteiger partial charge >= 0.3 is 0 Å². The number of aliphatic hydroxyl groups excluding tert-OH is 1. The standard InChI is InChI=1S/C11H15N4OS.ClH/c1-8-10(2-3-16)17-7-15(8)5-9-4-13-6-14-11(9)12;/h4,6-7,16H,2-3,5H2,1H3,(H2,12,13,14);1H/q+1;/p-1. The molecule has 0 fully saturated rings. The maximum absolute atomic E-state index is 8.94. The number of rotatable bonds is 4. The number of hydrogen-bond acceptors (Lipinski definition) is 5. The highest BCUT2D eigenvalue weighted by atomic mass is 35.5. The first-order valence-corrected chi connectivity index (χ1v) is 6.22. The van der Waals surface area contributed by atoms with Crippen molar-refractivity contribution in [3.63, 3.8) is 0 Å². The van der Waals surface area contributed by atoms with Crippen LogP contribution in [-0.2, 0) is 13.0 Å². The third-order valence-corrected chi connectivity index (χ3v) is 3.80. The van der Waals surface area contributed by atoms with Crippen molar-refractivity contribution in [3.05, 3.63) is 34.2 Å². The average molecular weight is 287 g/mol. The molecular formula is C11H15ClN4OS. The van der Waals surface area contributed by atoms with E-state index in [2.05, 4.69) is 14.5 Å². The van der Waals surface area contributed by atoms with Crippen LogP contribution in [0.4, 0.5) is 5.82 Å². The van der Waals surface area contributed by atoms with Crippen molar-refractivity contribution < 1.29 is 22.1 Å². The van der Waals surface area contributed by atoms with Gasteiger partial charge in [0.05, 0.1) is 10.4 Å². The fourth-order valence-corrected chi connectivity index (χ4v) is 2.61. The second kappa shape index (κ2) is 6.63. The Hall–Kier alpha value is -1.24. The number of aromatic nitrogens is 3. The molecule has 2 heterocycles. The van der Waals surface area contributed by atoms with Crippen molar-refractivity contribution in [2.75, 3.05) is 12.3 Å². The van der Waals surface area contributed by atoms with Crippen LogP contribution in [0.2, 0.25) is 0 Å². The normalized spacial score (nSPS) is 10.1. The highest BCUT2D eigenvalue weighted by Gasteiger charge is 2.16. The predicted molar refractivity (Wildman–Crippen MR) is 65.6 cm³/mol. The highest BCUT2D eigenvalue weighted by Crippen LogP contribution is 2.13. The topological polar surface area (TPSA) is 75.9 Å². The van der Waals surface area contributed by atoms with E-state index in [0.717, 1.165) is 11.3 Å². The molecule has 0 aliphatic heterocycles. The smallest absolute Gasteiger partial charge is 0.225 e. The zero-order valence-corrected chi connectivity index (χ0v) is 11.6. The predicted octanol–water partition coefficient (Wildman–Crippen LogP) is -2.70. The molecule has 0 aromatic carbocycles. The Morgan fingerprint density at radius 3 is 2.94 bits per heavy atom. The summed E-state index contributed by atoms with van der Waals surface area (Å²) in [5.41, 5.74) is 9.89. The summed E-state index contributed by atoms with van der Waals surface area (Å²) in [5.74, 6) is 0.516. The molecule has 2 rings (SSSR count). The van der Waals surface area contributed by atoms with Gasteiger partial charge in [0.2, 0.25) is 5.51 Å². The molecule has 5 nitrogen and oxygen atoms in total. The summed E-state index contributed by atoms with van der Waals surface area (Å²) in [6.07, 6.45) is 3.88. The van der Waals surface area contributed by atoms with Gasteiger partial charge < -0.3 is 23.2 Å². The number of halogens is 1. The minimum absolute atomic E-state index is 0. The summed E-state index contributed by atoms with van der Waals surface area (Å²) in [4.78, 5) is 9.14. The molecule has 0 saturated heterocycles. The third kappa shape index (κ3) is 3.16. The van der Waals surface area contributed by atoms with Crippen LogP contribution in [0.3, 0.4) is 0 Å². The van der Waals surface area contributed by atoms with Crippen LogP contribution in [-0.4, -0.2) is 21.7 Å². The van der Waals surface area contributed by atoms with Gasteiger partial charge in [0.25, 0.3) is 0 Å². The van der Waals surface area contributed by atoms with Crippen LogP contribution in [0.25, 0.3) is 0 Å². The number of thiazole rings is 1. The molecule has 0 bridgehead atoms. The molecule has 2 aromatic heterocycles. The van der Waals surface area contributed by atoms with Gasteiger partial charge in [-0.3, -0.25) is 0 Å². The van der Waals surface area contributed by atoms with Gasteiger partial charge in [-0.2, -0.15) is 4.57 Å². The van der Waals surface area contributed by atoms with E-state index in [0.29, 0.717) is 18.8 Å². The molecule has 0 aliphatic carbocycles. The molecule has 98 valence electrons. The number of hydrogen-bond donors (Lipinski definition) is 2. The molecule has 2 aromatic rings. The zero-order valence-electron chi connectivity index (χ0n) is 10.0. The van der Waals surface area contributed by atoms with Gasteiger partial charge in [0.1, 0.15) is 12.1 Å². The lowest BCUT2D eigenvalue weighted by Gasteiger charge is -1.99. The summed E-state index contributed by atoms with van der Waals surface area (Å²) in [6, 6.07) is 0. The third-order valence-electron chi connectivity index (χ3n) is 2.66. The Bertz CT molecular complexity index is 517. The first kappa shape index (κ1) is 14.8. The van der Waals surface area contributed by atoms with Crippen LogP contribution < -0.4 is 22.7 Å². The molecule has 0 radical (unpaired) electrons. The van der Waals surface area contributed by atoms with E-state index in [1.807, 2.05) is 12.4 Å². The van der Waals surface area contributed by atoms with Crippen LogP contribution in [0.5, 0.6) is 0 Å². The van der Waals surface area contributed by atoms with Crippen molar-refractivity contribution in [2.24, 2.45) is 0 Å². The number of aliphatic hydroxyl groups is 1. The molecule has 7 heteroatoms. The van der Waals surface area contributed by atoms with Gasteiger partial charge in [-0.25, -0.2) is 9.97 Å². The highest BCUT2D eigenvalue weighted by molar-refractivity contribution is 7.09. The summed E-state index contributed by atoms with van der Waals surface area (Å²) >= 11 is 1.65. The summed E-state index contributed by atoms with van der Waals surface area (Å²) in [6.45, 7) is 2.89. The quantitative estimate of drug-likeness (QED) is 0.600. The number of anilines is 1. The van der Waals surface area contributed by atoms with Gasteiger partial charge in [0.15, 0.2) is 12.2 Å². The van der Waals surface area contributed by atoms with Crippen molar-refractivity contribution in [1.82, 2.24) is 9.97 Å². The maximum atomic E-state index is 8.94. The van der Waals surface area contributed by atoms with Crippen LogP contribution in [0.15, 0.2) is 18.0 Å². The Kier molecular flexibility index (Phi) is 5.46. The van der Waals surface area contributed by atoms with Crippen LogP contribution in [0.1, 0.15) is 16.1 Å². The molecule has 18 heavy (non-hydrogen) atoms. The van der Waals surface area contributed by atoms with E-state index in [9.17, 15) is 0 Å². The SMILES string of the molecule is Cc1c(CCO)sc[n+]1Cc1cncnc1N.[Cl-]. The lowest BCUT2D eigenvalue weighted by molar-refractivity contribution is -0.689. The number of nitrogens with zero attached hydrogens (tertiary/aromatic N) is 3. The molecule has 0 atom stereocenters.